The second kappa shape index (κ2) is 9.58. The van der Waals surface area contributed by atoms with E-state index in [0.29, 0.717) is 28.8 Å². The number of thioether (sulfide) groups is 1. The number of halogens is 1. The average Bonchev–Trinajstić information content (AvgIpc) is 3.51. The van der Waals surface area contributed by atoms with Crippen LogP contribution in [0.3, 0.4) is 0 Å². The summed E-state index contributed by atoms with van der Waals surface area (Å²) >= 11 is 7.26. The molecule has 0 bridgehead atoms. The van der Waals surface area contributed by atoms with Crippen LogP contribution in [-0.4, -0.2) is 48.8 Å². The summed E-state index contributed by atoms with van der Waals surface area (Å²) in [6.45, 7) is 0. The van der Waals surface area contributed by atoms with Gasteiger partial charge in [-0.25, -0.2) is 14.8 Å². The topological polar surface area (TPSA) is 130 Å². The van der Waals surface area contributed by atoms with Gasteiger partial charge in [0.2, 0.25) is 5.88 Å². The van der Waals surface area contributed by atoms with Crippen LogP contribution in [0.4, 0.5) is 0 Å². The summed E-state index contributed by atoms with van der Waals surface area (Å²) in [4.78, 5) is 28.2. The fourth-order valence-electron chi connectivity index (χ4n) is 5.03. The number of aromatic hydroxyl groups is 1. The number of imidazole rings is 1. The van der Waals surface area contributed by atoms with E-state index in [9.17, 15) is 15.0 Å². The predicted octanol–water partition coefficient (Wildman–Crippen LogP) is 5.09. The number of carbonyl (C=O) groups is 1. The first-order valence-corrected chi connectivity index (χ1v) is 12.6. The zero-order valence-corrected chi connectivity index (χ0v) is 20.7. The monoisotopic (exact) mass is 516 g/mol. The first-order chi connectivity index (χ1) is 16.9. The number of aromatic nitrogens is 4. The van der Waals surface area contributed by atoms with E-state index in [0.717, 1.165) is 43.0 Å². The summed E-state index contributed by atoms with van der Waals surface area (Å²) in [5.74, 6) is -0.0436. The Labute approximate surface area is 210 Å². The molecule has 3 heterocycles. The lowest BCUT2D eigenvalue weighted by Crippen LogP contribution is -2.45. The number of methoxy groups -OCH3 is 1. The van der Waals surface area contributed by atoms with Gasteiger partial charge >= 0.3 is 5.97 Å². The first kappa shape index (κ1) is 23.7. The van der Waals surface area contributed by atoms with E-state index < -0.39 is 11.6 Å². The summed E-state index contributed by atoms with van der Waals surface area (Å²) in [5, 5.41) is 21.8. The van der Waals surface area contributed by atoms with Gasteiger partial charge in [0.1, 0.15) is 33.9 Å². The van der Waals surface area contributed by atoms with Crippen molar-refractivity contribution in [2.24, 2.45) is 5.92 Å². The van der Waals surface area contributed by atoms with Crippen LogP contribution in [0.25, 0.3) is 11.2 Å². The summed E-state index contributed by atoms with van der Waals surface area (Å²) in [7, 11) is 1.57. The normalized spacial score (nSPS) is 21.0. The molecule has 1 aliphatic heterocycles. The minimum absolute atomic E-state index is 0.0123. The van der Waals surface area contributed by atoms with Crippen LogP contribution in [0.1, 0.15) is 44.1 Å². The van der Waals surface area contributed by atoms with Crippen LogP contribution < -0.4 is 4.74 Å². The number of hydrogen-bond donors (Lipinski definition) is 3. The number of rotatable bonds is 7. The molecule has 5 rings (SSSR count). The molecule has 11 heteroatoms. The Morgan fingerprint density at radius 1 is 1.29 bits per heavy atom. The van der Waals surface area contributed by atoms with Crippen molar-refractivity contribution in [2.75, 3.05) is 7.11 Å². The Kier molecular flexibility index (Phi) is 6.50. The van der Waals surface area contributed by atoms with Gasteiger partial charge in [0.05, 0.1) is 12.1 Å². The van der Waals surface area contributed by atoms with Crippen molar-refractivity contribution in [1.29, 1.82) is 0 Å². The van der Waals surface area contributed by atoms with Crippen molar-refractivity contribution >= 4 is 40.5 Å². The lowest BCUT2D eigenvalue weighted by atomic mass is 9.77. The third-order valence-electron chi connectivity index (χ3n) is 6.81. The molecule has 2 aliphatic rings. The fraction of sp³-hybridized carbons (Fsp3) is 0.417. The minimum Gasteiger partial charge on any atom is -0.511 e. The molecular weight excluding hydrogens is 492 g/mol. The smallest absolute Gasteiger partial charge is 0.349 e. The summed E-state index contributed by atoms with van der Waals surface area (Å²) in [6, 6.07) is 5.65. The van der Waals surface area contributed by atoms with Crippen molar-refractivity contribution in [1.82, 2.24) is 19.9 Å². The van der Waals surface area contributed by atoms with Gasteiger partial charge in [-0.15, -0.1) is 0 Å². The van der Waals surface area contributed by atoms with Crippen molar-refractivity contribution in [3.05, 3.63) is 45.8 Å². The number of hydrogen-bond acceptors (Lipinski definition) is 9. The first-order valence-electron chi connectivity index (χ1n) is 11.4. The number of cyclic esters (lactones) is 1. The standard InChI is InChI=1S/C24H25ClN4O5S/c1-33-17-7-6-13(10-15(17)25)8-9-24(14-4-2-3-5-14)11-16(30)19(22(32)34-24)35-23-28-18-20(29-23)26-12-27-21(18)31/h6-7,10,12,14,30H,2-5,8-9,11H2,1H3,(H2,26,27,28,29,31). The van der Waals surface area contributed by atoms with Gasteiger partial charge in [-0.2, -0.15) is 4.98 Å². The summed E-state index contributed by atoms with van der Waals surface area (Å²) < 4.78 is 11.4. The van der Waals surface area contributed by atoms with Crippen molar-refractivity contribution in [2.45, 2.75) is 55.7 Å². The molecule has 1 unspecified atom stereocenters. The van der Waals surface area contributed by atoms with Crippen LogP contribution in [0.5, 0.6) is 11.6 Å². The number of nitrogens with zero attached hydrogens (tertiary/aromatic N) is 3. The highest BCUT2D eigenvalue weighted by molar-refractivity contribution is 8.03. The molecular formula is C24H25ClN4O5S. The molecule has 1 saturated carbocycles. The fourth-order valence-corrected chi connectivity index (χ4v) is 6.11. The highest BCUT2D eigenvalue weighted by atomic mass is 35.5. The Bertz CT molecular complexity index is 1310. The quantitative estimate of drug-likeness (QED) is 0.367. The number of aryl methyl sites for hydroxylation is 1. The van der Waals surface area contributed by atoms with E-state index in [4.69, 9.17) is 21.1 Å². The van der Waals surface area contributed by atoms with Gasteiger partial charge in [0.15, 0.2) is 10.8 Å². The van der Waals surface area contributed by atoms with Gasteiger partial charge in [-0.05, 0) is 61.1 Å². The number of aliphatic hydroxyl groups is 1. The molecule has 0 radical (unpaired) electrons. The number of benzene rings is 1. The molecule has 0 spiro atoms. The molecule has 2 aromatic heterocycles. The van der Waals surface area contributed by atoms with Crippen LogP contribution in [0.2, 0.25) is 5.02 Å². The van der Waals surface area contributed by atoms with Crippen LogP contribution >= 0.6 is 23.4 Å². The molecule has 1 aromatic carbocycles. The number of H-pyrrole nitrogens is 1. The molecule has 1 atom stereocenters. The number of nitrogens with one attached hydrogen (secondary N) is 1. The SMILES string of the molecule is COc1ccc(CCC2(C3CCCC3)CC(O)=C(Sc3nc4ncnc(O)c4[nH]3)C(=O)O2)cc1Cl. The molecule has 1 fully saturated rings. The highest BCUT2D eigenvalue weighted by Crippen LogP contribution is 2.48. The third-order valence-corrected chi connectivity index (χ3v) is 8.10. The Morgan fingerprint density at radius 2 is 2.09 bits per heavy atom. The summed E-state index contributed by atoms with van der Waals surface area (Å²) in [5.41, 5.74) is 0.752. The van der Waals surface area contributed by atoms with Gasteiger partial charge in [0, 0.05) is 6.42 Å². The second-order valence-electron chi connectivity index (χ2n) is 8.90. The number of esters is 1. The second-order valence-corrected chi connectivity index (χ2v) is 10.3. The number of aromatic amines is 1. The molecule has 3 N–H and O–H groups in total. The van der Waals surface area contributed by atoms with Crippen molar-refractivity contribution in [3.63, 3.8) is 0 Å². The van der Waals surface area contributed by atoms with E-state index >= 15 is 0 Å². The van der Waals surface area contributed by atoms with Crippen LogP contribution in [0.15, 0.2) is 40.3 Å². The lowest BCUT2D eigenvalue weighted by Gasteiger charge is -2.41. The van der Waals surface area contributed by atoms with E-state index in [1.54, 1.807) is 7.11 Å². The van der Waals surface area contributed by atoms with Crippen molar-refractivity contribution < 1.29 is 24.5 Å². The Balaban J connectivity index is 1.40. The zero-order chi connectivity index (χ0) is 24.6. The summed E-state index contributed by atoms with van der Waals surface area (Å²) in [6.07, 6.45) is 6.71. The average molecular weight is 517 g/mol. The van der Waals surface area contributed by atoms with Gasteiger partial charge in [-0.3, -0.25) is 0 Å². The highest BCUT2D eigenvalue weighted by Gasteiger charge is 2.48. The number of ether oxygens (including phenoxy) is 2. The molecule has 0 saturated heterocycles. The van der Waals surface area contributed by atoms with E-state index in [1.165, 1.54) is 6.33 Å². The van der Waals surface area contributed by atoms with E-state index in [-0.39, 0.29) is 40.0 Å². The van der Waals surface area contributed by atoms with Crippen LogP contribution in [0, 0.1) is 5.92 Å². The maximum Gasteiger partial charge on any atom is 0.349 e. The number of aliphatic hydroxyl groups excluding tert-OH is 1. The molecule has 1 aliphatic carbocycles. The molecule has 9 nitrogen and oxygen atoms in total. The molecule has 184 valence electrons. The molecule has 35 heavy (non-hydrogen) atoms. The lowest BCUT2D eigenvalue weighted by molar-refractivity contribution is -0.166. The predicted molar refractivity (Wildman–Crippen MR) is 131 cm³/mol. The maximum absolute atomic E-state index is 13.2. The van der Waals surface area contributed by atoms with Gasteiger partial charge < -0.3 is 24.7 Å². The zero-order valence-electron chi connectivity index (χ0n) is 19.1. The van der Waals surface area contributed by atoms with Gasteiger partial charge in [-0.1, -0.05) is 30.5 Å². The molecule has 3 aromatic rings. The molecule has 0 amide bonds. The number of carbonyl (C=O) groups excluding carboxylic acids is 1. The number of fused-ring (bicyclic) bond motifs is 1. The van der Waals surface area contributed by atoms with Gasteiger partial charge in [0.25, 0.3) is 0 Å². The maximum atomic E-state index is 13.2. The van der Waals surface area contributed by atoms with E-state index in [1.807, 2.05) is 18.2 Å². The van der Waals surface area contributed by atoms with Crippen LogP contribution in [-0.2, 0) is 16.0 Å². The Hall–Kier alpha value is -2.98. The Morgan fingerprint density at radius 3 is 2.77 bits per heavy atom. The largest absolute Gasteiger partial charge is 0.511 e. The third kappa shape index (κ3) is 4.64. The minimum atomic E-state index is -0.786. The van der Waals surface area contributed by atoms with E-state index in [2.05, 4.69) is 19.9 Å². The van der Waals surface area contributed by atoms with Crippen molar-refractivity contribution in [3.8, 4) is 11.6 Å².